The third-order valence-corrected chi connectivity index (χ3v) is 2.99. The number of aromatic nitrogens is 2. The molecule has 3 heteroatoms. The van der Waals surface area contributed by atoms with Crippen LogP contribution >= 0.6 is 0 Å². The van der Waals surface area contributed by atoms with E-state index in [0.717, 1.165) is 22.5 Å². The maximum atomic E-state index is 4.68. The molecule has 88 valence electrons. The van der Waals surface area contributed by atoms with E-state index in [9.17, 15) is 0 Å². The molecule has 1 aliphatic carbocycles. The highest BCUT2D eigenvalue weighted by Crippen LogP contribution is 2.39. The quantitative estimate of drug-likeness (QED) is 0.874. The maximum absolute atomic E-state index is 4.68. The molecule has 0 radical (unpaired) electrons. The Kier molecular flexibility index (Phi) is 2.46. The smallest absolute Gasteiger partial charge is 0.137 e. The normalized spacial score (nSPS) is 15.5. The Labute approximate surface area is 101 Å². The monoisotopic (exact) mass is 227 g/mol. The topological polar surface area (TPSA) is 37.8 Å². The minimum absolute atomic E-state index is 0.389. The molecule has 3 rings (SSSR count). The van der Waals surface area contributed by atoms with Crippen LogP contribution in [0.4, 0.5) is 5.82 Å². The molecular formula is C14H17N3. The predicted octanol–water partition coefficient (Wildman–Crippen LogP) is 3.33. The van der Waals surface area contributed by atoms with Gasteiger partial charge in [0, 0.05) is 17.3 Å². The first-order valence-corrected chi connectivity index (χ1v) is 6.27. The van der Waals surface area contributed by atoms with Gasteiger partial charge in [-0.3, -0.25) is 0 Å². The number of para-hydroxylation sites is 1. The summed E-state index contributed by atoms with van der Waals surface area (Å²) >= 11 is 0. The molecule has 1 heterocycles. The van der Waals surface area contributed by atoms with Crippen molar-refractivity contribution >= 4 is 16.7 Å². The van der Waals surface area contributed by atoms with Crippen LogP contribution in [-0.4, -0.2) is 16.0 Å². The molecule has 1 fully saturated rings. The lowest BCUT2D eigenvalue weighted by atomic mass is 10.2. The lowest BCUT2D eigenvalue weighted by molar-refractivity contribution is 0.874. The number of nitrogens with one attached hydrogen (secondary N) is 1. The average Bonchev–Trinajstić information content (AvgIpc) is 3.12. The summed E-state index contributed by atoms with van der Waals surface area (Å²) in [4.78, 5) is 9.33. The fraction of sp³-hybridized carbons (Fsp3) is 0.429. The van der Waals surface area contributed by atoms with Crippen molar-refractivity contribution in [1.29, 1.82) is 0 Å². The largest absolute Gasteiger partial charge is 0.367 e. The molecule has 2 aromatic rings. The molecule has 0 amide bonds. The highest BCUT2D eigenvalue weighted by molar-refractivity contribution is 5.89. The minimum Gasteiger partial charge on any atom is -0.367 e. The summed E-state index contributed by atoms with van der Waals surface area (Å²) in [6.07, 6.45) is 2.47. The second-order valence-corrected chi connectivity index (χ2v) is 5.02. The van der Waals surface area contributed by atoms with Gasteiger partial charge in [0.05, 0.1) is 5.52 Å². The molecule has 0 atom stereocenters. The molecule has 0 spiro atoms. The molecule has 1 aromatic carbocycles. The first-order chi connectivity index (χ1) is 8.24. The van der Waals surface area contributed by atoms with E-state index in [-0.39, 0.29) is 0 Å². The summed E-state index contributed by atoms with van der Waals surface area (Å²) in [6.45, 7) is 4.27. The lowest BCUT2D eigenvalue weighted by Crippen LogP contribution is -2.12. The second-order valence-electron chi connectivity index (χ2n) is 5.02. The number of nitrogens with zero attached hydrogens (tertiary/aromatic N) is 2. The first-order valence-electron chi connectivity index (χ1n) is 6.27. The maximum Gasteiger partial charge on any atom is 0.137 e. The molecular weight excluding hydrogens is 210 g/mol. The van der Waals surface area contributed by atoms with Gasteiger partial charge in [0.25, 0.3) is 0 Å². The molecule has 0 aliphatic heterocycles. The van der Waals surface area contributed by atoms with E-state index in [1.807, 2.05) is 12.1 Å². The zero-order valence-corrected chi connectivity index (χ0v) is 10.3. The summed E-state index contributed by atoms with van der Waals surface area (Å²) in [6, 6.07) is 8.60. The van der Waals surface area contributed by atoms with E-state index in [1.54, 1.807) is 0 Å². The molecule has 1 N–H and O–H groups in total. The van der Waals surface area contributed by atoms with Crippen molar-refractivity contribution in [3.63, 3.8) is 0 Å². The fourth-order valence-electron chi connectivity index (χ4n) is 2.00. The van der Waals surface area contributed by atoms with E-state index in [2.05, 4.69) is 41.3 Å². The van der Waals surface area contributed by atoms with Gasteiger partial charge < -0.3 is 5.32 Å². The van der Waals surface area contributed by atoms with E-state index in [0.29, 0.717) is 12.0 Å². The summed E-state index contributed by atoms with van der Waals surface area (Å²) in [5, 5.41) is 4.54. The van der Waals surface area contributed by atoms with Crippen molar-refractivity contribution in [3.8, 4) is 0 Å². The SMILES string of the molecule is CC(C)Nc1nc(C2CC2)nc2ccccc12. The summed E-state index contributed by atoms with van der Waals surface area (Å²) in [5.74, 6) is 2.58. The van der Waals surface area contributed by atoms with Crippen molar-refractivity contribution in [3.05, 3.63) is 30.1 Å². The Bertz CT molecular complexity index is 544. The average molecular weight is 227 g/mol. The molecule has 1 saturated carbocycles. The predicted molar refractivity (Wildman–Crippen MR) is 70.3 cm³/mol. The summed E-state index contributed by atoms with van der Waals surface area (Å²) in [7, 11) is 0. The van der Waals surface area contributed by atoms with Crippen LogP contribution in [0.3, 0.4) is 0 Å². The van der Waals surface area contributed by atoms with Crippen molar-refractivity contribution < 1.29 is 0 Å². The third-order valence-electron chi connectivity index (χ3n) is 2.99. The van der Waals surface area contributed by atoms with Gasteiger partial charge in [-0.15, -0.1) is 0 Å². The zero-order chi connectivity index (χ0) is 11.8. The van der Waals surface area contributed by atoms with Crippen molar-refractivity contribution in [1.82, 2.24) is 9.97 Å². The first kappa shape index (κ1) is 10.5. The van der Waals surface area contributed by atoms with Crippen LogP contribution in [0.15, 0.2) is 24.3 Å². The molecule has 0 unspecified atom stereocenters. The highest BCUT2D eigenvalue weighted by atomic mass is 15.1. The third kappa shape index (κ3) is 2.09. The highest BCUT2D eigenvalue weighted by Gasteiger charge is 2.27. The van der Waals surface area contributed by atoms with Crippen LogP contribution in [-0.2, 0) is 0 Å². The van der Waals surface area contributed by atoms with Crippen LogP contribution in [0.5, 0.6) is 0 Å². The summed E-state index contributed by atoms with van der Waals surface area (Å²) < 4.78 is 0. The Balaban J connectivity index is 2.14. The molecule has 3 nitrogen and oxygen atoms in total. The minimum atomic E-state index is 0.389. The fourth-order valence-corrected chi connectivity index (χ4v) is 2.00. The number of hydrogen-bond acceptors (Lipinski definition) is 3. The van der Waals surface area contributed by atoms with Crippen molar-refractivity contribution in [2.24, 2.45) is 0 Å². The Morgan fingerprint density at radius 3 is 2.65 bits per heavy atom. The van der Waals surface area contributed by atoms with Gasteiger partial charge in [-0.25, -0.2) is 9.97 Å². The van der Waals surface area contributed by atoms with Crippen LogP contribution < -0.4 is 5.32 Å². The van der Waals surface area contributed by atoms with Crippen LogP contribution in [0.25, 0.3) is 10.9 Å². The van der Waals surface area contributed by atoms with E-state index in [4.69, 9.17) is 0 Å². The van der Waals surface area contributed by atoms with Gasteiger partial charge in [0.1, 0.15) is 11.6 Å². The second kappa shape index (κ2) is 3.99. The van der Waals surface area contributed by atoms with Gasteiger partial charge in [-0.05, 0) is 38.8 Å². The number of hydrogen-bond donors (Lipinski definition) is 1. The molecule has 0 bridgehead atoms. The van der Waals surface area contributed by atoms with E-state index >= 15 is 0 Å². The zero-order valence-electron chi connectivity index (χ0n) is 10.3. The standard InChI is InChI=1S/C14H17N3/c1-9(2)15-14-11-5-3-4-6-12(11)16-13(17-14)10-7-8-10/h3-6,9-10H,7-8H2,1-2H3,(H,15,16,17). The van der Waals surface area contributed by atoms with Crippen LogP contribution in [0, 0.1) is 0 Å². The molecule has 1 aromatic heterocycles. The van der Waals surface area contributed by atoms with E-state index < -0.39 is 0 Å². The number of rotatable bonds is 3. The van der Waals surface area contributed by atoms with Crippen LogP contribution in [0.1, 0.15) is 38.4 Å². The van der Waals surface area contributed by atoms with Crippen LogP contribution in [0.2, 0.25) is 0 Å². The van der Waals surface area contributed by atoms with Gasteiger partial charge >= 0.3 is 0 Å². The van der Waals surface area contributed by atoms with Gasteiger partial charge in [0.15, 0.2) is 0 Å². The van der Waals surface area contributed by atoms with Crippen molar-refractivity contribution in [2.45, 2.75) is 38.6 Å². The Hall–Kier alpha value is -1.64. The number of anilines is 1. The Morgan fingerprint density at radius 2 is 1.94 bits per heavy atom. The van der Waals surface area contributed by atoms with Crippen molar-refractivity contribution in [2.75, 3.05) is 5.32 Å². The van der Waals surface area contributed by atoms with E-state index in [1.165, 1.54) is 12.8 Å². The lowest BCUT2D eigenvalue weighted by Gasteiger charge is -2.12. The summed E-state index contributed by atoms with van der Waals surface area (Å²) in [5.41, 5.74) is 1.05. The number of benzene rings is 1. The van der Waals surface area contributed by atoms with Gasteiger partial charge in [0.2, 0.25) is 0 Å². The molecule has 17 heavy (non-hydrogen) atoms. The molecule has 1 aliphatic rings. The van der Waals surface area contributed by atoms with Gasteiger partial charge in [-0.1, -0.05) is 12.1 Å². The van der Waals surface area contributed by atoms with Gasteiger partial charge in [-0.2, -0.15) is 0 Å². The molecule has 0 saturated heterocycles. The number of fused-ring (bicyclic) bond motifs is 1. The Morgan fingerprint density at radius 1 is 1.18 bits per heavy atom.